The van der Waals surface area contributed by atoms with Crippen LogP contribution in [-0.4, -0.2) is 34.7 Å². The monoisotopic (exact) mass is 398 g/mol. The van der Waals surface area contributed by atoms with Crippen LogP contribution in [0.25, 0.3) is 11.1 Å². The highest BCUT2D eigenvalue weighted by molar-refractivity contribution is 5.96. The van der Waals surface area contributed by atoms with E-state index in [9.17, 15) is 19.5 Å². The molecule has 0 spiro atoms. The molecule has 0 aliphatic carbocycles. The first-order valence-electron chi connectivity index (χ1n) is 9.25. The van der Waals surface area contributed by atoms with Crippen LogP contribution in [0.3, 0.4) is 0 Å². The second-order valence-electron chi connectivity index (χ2n) is 7.64. The van der Waals surface area contributed by atoms with Gasteiger partial charge in [-0.15, -0.1) is 0 Å². The summed E-state index contributed by atoms with van der Waals surface area (Å²) in [6.07, 6.45) is -0.660. The molecule has 7 nitrogen and oxygen atoms in total. The van der Waals surface area contributed by atoms with E-state index < -0.39 is 23.7 Å². The van der Waals surface area contributed by atoms with Crippen molar-refractivity contribution in [2.45, 2.75) is 45.9 Å². The van der Waals surface area contributed by atoms with Gasteiger partial charge in [0, 0.05) is 6.54 Å². The van der Waals surface area contributed by atoms with Crippen LogP contribution in [0.5, 0.6) is 0 Å². The van der Waals surface area contributed by atoms with Crippen molar-refractivity contribution in [3.8, 4) is 11.1 Å². The molecule has 0 saturated heterocycles. The Morgan fingerprint density at radius 3 is 2.41 bits per heavy atom. The van der Waals surface area contributed by atoms with Crippen molar-refractivity contribution in [1.29, 1.82) is 0 Å². The first kappa shape index (κ1) is 21.9. The third kappa shape index (κ3) is 6.64. The number of nitrogens with one attached hydrogen (secondary N) is 2. The third-order valence-corrected chi connectivity index (χ3v) is 3.99. The number of rotatable bonds is 6. The number of hydrogen-bond acceptors (Lipinski definition) is 4. The minimum absolute atomic E-state index is 0.212. The normalized spacial score (nSPS) is 12.0. The molecule has 2 amide bonds. The number of amides is 2. The summed E-state index contributed by atoms with van der Waals surface area (Å²) < 4.78 is 5.14. The maximum absolute atomic E-state index is 12.3. The van der Waals surface area contributed by atoms with Crippen molar-refractivity contribution in [3.63, 3.8) is 0 Å². The fourth-order valence-corrected chi connectivity index (χ4v) is 2.66. The summed E-state index contributed by atoms with van der Waals surface area (Å²) in [4.78, 5) is 35.5. The van der Waals surface area contributed by atoms with Gasteiger partial charge in [0.25, 0.3) is 0 Å². The predicted molar refractivity (Wildman–Crippen MR) is 110 cm³/mol. The number of aromatic carboxylic acids is 1. The molecule has 1 atom stereocenters. The SMILES string of the molecule is CC(NC(=O)OC(C)(C)C)C(=O)NCc1cccc(-c2ccccc2C(=O)O)c1. The Balaban J connectivity index is 2.02. The highest BCUT2D eigenvalue weighted by Gasteiger charge is 2.21. The van der Waals surface area contributed by atoms with Crippen molar-refractivity contribution in [3.05, 3.63) is 59.7 Å². The summed E-state index contributed by atoms with van der Waals surface area (Å²) in [6, 6.07) is 13.3. The lowest BCUT2D eigenvalue weighted by atomic mass is 9.98. The minimum atomic E-state index is -0.999. The van der Waals surface area contributed by atoms with Crippen LogP contribution in [0.1, 0.15) is 43.6 Å². The molecule has 2 aromatic rings. The van der Waals surface area contributed by atoms with E-state index in [-0.39, 0.29) is 18.0 Å². The van der Waals surface area contributed by atoms with Crippen molar-refractivity contribution in [1.82, 2.24) is 10.6 Å². The van der Waals surface area contributed by atoms with Crippen LogP contribution in [0, 0.1) is 0 Å². The van der Waals surface area contributed by atoms with E-state index in [1.54, 1.807) is 58.0 Å². The number of benzene rings is 2. The van der Waals surface area contributed by atoms with Gasteiger partial charge in [0.05, 0.1) is 5.56 Å². The molecule has 0 aliphatic heterocycles. The lowest BCUT2D eigenvalue weighted by Gasteiger charge is -2.21. The Morgan fingerprint density at radius 2 is 1.76 bits per heavy atom. The summed E-state index contributed by atoms with van der Waals surface area (Å²) in [5.41, 5.74) is 1.72. The van der Waals surface area contributed by atoms with Gasteiger partial charge in [0.2, 0.25) is 5.91 Å². The summed E-state index contributed by atoms with van der Waals surface area (Å²) in [6.45, 7) is 7.04. The van der Waals surface area contributed by atoms with Crippen molar-refractivity contribution < 1.29 is 24.2 Å². The van der Waals surface area contributed by atoms with Gasteiger partial charge in [0.1, 0.15) is 11.6 Å². The van der Waals surface area contributed by atoms with Gasteiger partial charge >= 0.3 is 12.1 Å². The van der Waals surface area contributed by atoms with Gasteiger partial charge < -0.3 is 20.5 Å². The highest BCUT2D eigenvalue weighted by Crippen LogP contribution is 2.24. The summed E-state index contributed by atoms with van der Waals surface area (Å²) in [5, 5.41) is 14.6. The van der Waals surface area contributed by atoms with Crippen molar-refractivity contribution in [2.75, 3.05) is 0 Å². The second-order valence-corrected chi connectivity index (χ2v) is 7.64. The van der Waals surface area contributed by atoms with Gasteiger partial charge in [-0.3, -0.25) is 4.79 Å². The maximum Gasteiger partial charge on any atom is 0.408 e. The number of hydrogen-bond donors (Lipinski definition) is 3. The van der Waals surface area contributed by atoms with Crippen LogP contribution in [0.15, 0.2) is 48.5 Å². The lowest BCUT2D eigenvalue weighted by molar-refractivity contribution is -0.122. The molecular formula is C22H26N2O5. The molecule has 29 heavy (non-hydrogen) atoms. The Kier molecular flexibility index (Phi) is 6.98. The smallest absolute Gasteiger partial charge is 0.408 e. The zero-order chi connectivity index (χ0) is 21.6. The molecule has 0 fully saturated rings. The number of ether oxygens (including phenoxy) is 1. The molecule has 0 bridgehead atoms. The molecule has 7 heteroatoms. The molecule has 1 unspecified atom stereocenters. The fraction of sp³-hybridized carbons (Fsp3) is 0.318. The molecule has 0 heterocycles. The van der Waals surface area contributed by atoms with Crippen molar-refractivity contribution in [2.24, 2.45) is 0 Å². The van der Waals surface area contributed by atoms with E-state index in [0.717, 1.165) is 11.1 Å². The van der Waals surface area contributed by atoms with Crippen LogP contribution in [0.4, 0.5) is 4.79 Å². The Bertz CT molecular complexity index is 902. The first-order chi connectivity index (χ1) is 13.6. The first-order valence-corrected chi connectivity index (χ1v) is 9.25. The largest absolute Gasteiger partial charge is 0.478 e. The third-order valence-electron chi connectivity index (χ3n) is 3.99. The van der Waals surface area contributed by atoms with Crippen LogP contribution >= 0.6 is 0 Å². The van der Waals surface area contributed by atoms with Gasteiger partial charge in [-0.25, -0.2) is 9.59 Å². The fourth-order valence-electron chi connectivity index (χ4n) is 2.66. The quantitative estimate of drug-likeness (QED) is 0.690. The zero-order valence-corrected chi connectivity index (χ0v) is 17.0. The molecule has 2 aromatic carbocycles. The predicted octanol–water partition coefficient (Wildman–Crippen LogP) is 3.58. The van der Waals surface area contributed by atoms with E-state index in [1.807, 2.05) is 18.2 Å². The Hall–Kier alpha value is -3.35. The van der Waals surface area contributed by atoms with E-state index in [0.29, 0.717) is 5.56 Å². The van der Waals surface area contributed by atoms with Crippen LogP contribution in [-0.2, 0) is 16.1 Å². The van der Waals surface area contributed by atoms with E-state index in [4.69, 9.17) is 4.74 Å². The zero-order valence-electron chi connectivity index (χ0n) is 17.0. The number of alkyl carbamates (subject to hydrolysis) is 1. The van der Waals surface area contributed by atoms with Gasteiger partial charge in [0.15, 0.2) is 0 Å². The molecule has 3 N–H and O–H groups in total. The van der Waals surface area contributed by atoms with Gasteiger partial charge in [-0.05, 0) is 56.5 Å². The van der Waals surface area contributed by atoms with Crippen LogP contribution < -0.4 is 10.6 Å². The summed E-state index contributed by atoms with van der Waals surface area (Å²) >= 11 is 0. The molecule has 0 radical (unpaired) electrons. The minimum Gasteiger partial charge on any atom is -0.478 e. The van der Waals surface area contributed by atoms with Gasteiger partial charge in [-0.2, -0.15) is 0 Å². The maximum atomic E-state index is 12.3. The Morgan fingerprint density at radius 1 is 1.07 bits per heavy atom. The topological polar surface area (TPSA) is 105 Å². The molecule has 0 aromatic heterocycles. The molecular weight excluding hydrogens is 372 g/mol. The highest BCUT2D eigenvalue weighted by atomic mass is 16.6. The molecule has 0 saturated carbocycles. The van der Waals surface area contributed by atoms with Crippen molar-refractivity contribution >= 4 is 18.0 Å². The number of carboxylic acid groups (broad SMARTS) is 1. The van der Waals surface area contributed by atoms with E-state index >= 15 is 0 Å². The summed E-state index contributed by atoms with van der Waals surface area (Å²) in [5.74, 6) is -1.35. The van der Waals surface area contributed by atoms with E-state index in [1.165, 1.54) is 0 Å². The average molecular weight is 398 g/mol. The van der Waals surface area contributed by atoms with E-state index in [2.05, 4.69) is 10.6 Å². The summed E-state index contributed by atoms with van der Waals surface area (Å²) in [7, 11) is 0. The Labute approximate surface area is 170 Å². The molecule has 2 rings (SSSR count). The standard InChI is InChI=1S/C22H26N2O5/c1-14(24-21(28)29-22(2,3)4)19(25)23-13-15-8-7-9-16(12-15)17-10-5-6-11-18(17)20(26)27/h5-12,14H,13H2,1-4H3,(H,23,25)(H,24,28)(H,26,27). The lowest BCUT2D eigenvalue weighted by Crippen LogP contribution is -2.46. The number of carbonyl (C=O) groups is 3. The van der Waals surface area contributed by atoms with Gasteiger partial charge in [-0.1, -0.05) is 36.4 Å². The second kappa shape index (κ2) is 9.23. The number of carbonyl (C=O) groups excluding carboxylic acids is 2. The number of carboxylic acids is 1. The molecule has 154 valence electrons. The average Bonchev–Trinajstić information content (AvgIpc) is 2.64. The van der Waals surface area contributed by atoms with Crippen LogP contribution in [0.2, 0.25) is 0 Å². The molecule has 0 aliphatic rings.